The Bertz CT molecular complexity index is 756. The zero-order valence-corrected chi connectivity index (χ0v) is 12.2. The number of hydrazine groups is 1. The fourth-order valence-corrected chi connectivity index (χ4v) is 2.94. The second-order valence-electron chi connectivity index (χ2n) is 4.38. The SMILES string of the molecule is CCN(c1ccc(F)cc1)c1nc(NN)nc2sccc12. The quantitative estimate of drug-likeness (QED) is 0.572. The molecule has 2 aromatic heterocycles. The lowest BCUT2D eigenvalue weighted by molar-refractivity contribution is 0.628. The zero-order chi connectivity index (χ0) is 14.8. The predicted octanol–water partition coefficient (Wildman–Crippen LogP) is 3.27. The highest BCUT2D eigenvalue weighted by molar-refractivity contribution is 7.16. The first kappa shape index (κ1) is 13.7. The molecule has 0 aliphatic rings. The van der Waals surface area contributed by atoms with Crippen molar-refractivity contribution in [2.24, 2.45) is 5.84 Å². The van der Waals surface area contributed by atoms with Crippen LogP contribution in [0, 0.1) is 5.82 Å². The molecule has 0 saturated carbocycles. The molecule has 0 radical (unpaired) electrons. The van der Waals surface area contributed by atoms with Crippen molar-refractivity contribution in [2.75, 3.05) is 16.9 Å². The fourth-order valence-electron chi connectivity index (χ4n) is 2.19. The van der Waals surface area contributed by atoms with E-state index in [2.05, 4.69) is 15.4 Å². The second-order valence-corrected chi connectivity index (χ2v) is 5.27. The Labute approximate surface area is 125 Å². The zero-order valence-electron chi connectivity index (χ0n) is 11.4. The van der Waals surface area contributed by atoms with Gasteiger partial charge in [-0.15, -0.1) is 11.3 Å². The van der Waals surface area contributed by atoms with E-state index in [1.165, 1.54) is 23.5 Å². The van der Waals surface area contributed by atoms with Crippen LogP contribution in [0.15, 0.2) is 35.7 Å². The Kier molecular flexibility index (Phi) is 3.68. The first-order chi connectivity index (χ1) is 10.2. The number of aromatic nitrogens is 2. The molecule has 0 saturated heterocycles. The van der Waals surface area contributed by atoms with Crippen molar-refractivity contribution < 1.29 is 4.39 Å². The molecule has 0 aliphatic heterocycles. The standard InChI is InChI=1S/C14H14FN5S/c1-2-20(10-5-3-9(15)4-6-10)12-11-7-8-21-13(11)18-14(17-12)19-16/h3-8H,2,16H2,1H3,(H,17,18,19). The third-order valence-corrected chi connectivity index (χ3v) is 3.95. The molecule has 108 valence electrons. The van der Waals surface area contributed by atoms with E-state index in [0.29, 0.717) is 12.5 Å². The van der Waals surface area contributed by atoms with Gasteiger partial charge in [-0.05, 0) is 42.6 Å². The Morgan fingerprint density at radius 3 is 2.67 bits per heavy atom. The number of nitrogens with zero attached hydrogens (tertiary/aromatic N) is 3. The molecule has 3 N–H and O–H groups in total. The fraction of sp³-hybridized carbons (Fsp3) is 0.143. The second kappa shape index (κ2) is 5.63. The minimum atomic E-state index is -0.262. The van der Waals surface area contributed by atoms with Crippen LogP contribution in [0.5, 0.6) is 0 Å². The molecule has 0 unspecified atom stereocenters. The summed E-state index contributed by atoms with van der Waals surface area (Å²) in [6.07, 6.45) is 0. The molecule has 0 atom stereocenters. The van der Waals surface area contributed by atoms with Crippen LogP contribution < -0.4 is 16.2 Å². The molecule has 0 fully saturated rings. The van der Waals surface area contributed by atoms with Crippen LogP contribution >= 0.6 is 11.3 Å². The van der Waals surface area contributed by atoms with Gasteiger partial charge in [0, 0.05) is 12.2 Å². The number of hydrogen-bond acceptors (Lipinski definition) is 6. The average molecular weight is 303 g/mol. The third kappa shape index (κ3) is 2.53. The maximum Gasteiger partial charge on any atom is 0.240 e. The van der Waals surface area contributed by atoms with Gasteiger partial charge in [0.1, 0.15) is 16.5 Å². The van der Waals surface area contributed by atoms with Crippen LogP contribution in [0.1, 0.15) is 6.92 Å². The predicted molar refractivity (Wildman–Crippen MR) is 84.3 cm³/mol. The summed E-state index contributed by atoms with van der Waals surface area (Å²) in [4.78, 5) is 11.6. The molecule has 3 rings (SSSR count). The monoisotopic (exact) mass is 303 g/mol. The molecule has 0 aliphatic carbocycles. The molecular weight excluding hydrogens is 289 g/mol. The number of rotatable bonds is 4. The van der Waals surface area contributed by atoms with Crippen LogP contribution in [-0.2, 0) is 0 Å². The number of nitrogen functional groups attached to an aromatic ring is 1. The summed E-state index contributed by atoms with van der Waals surface area (Å²) in [6, 6.07) is 8.31. The lowest BCUT2D eigenvalue weighted by Crippen LogP contribution is -2.19. The number of halogens is 1. The smallest absolute Gasteiger partial charge is 0.240 e. The normalized spacial score (nSPS) is 10.8. The number of nitrogens with one attached hydrogen (secondary N) is 1. The van der Waals surface area contributed by atoms with Gasteiger partial charge >= 0.3 is 0 Å². The lowest BCUT2D eigenvalue weighted by Gasteiger charge is -2.23. The maximum atomic E-state index is 13.1. The summed E-state index contributed by atoms with van der Waals surface area (Å²) in [5.74, 6) is 6.29. The summed E-state index contributed by atoms with van der Waals surface area (Å²) in [5.41, 5.74) is 3.36. The van der Waals surface area contributed by atoms with E-state index < -0.39 is 0 Å². The maximum absolute atomic E-state index is 13.1. The summed E-state index contributed by atoms with van der Waals surface area (Å²) in [6.45, 7) is 2.71. The van der Waals surface area contributed by atoms with E-state index in [9.17, 15) is 4.39 Å². The van der Waals surface area contributed by atoms with Crippen LogP contribution in [-0.4, -0.2) is 16.5 Å². The number of hydrogen-bond donors (Lipinski definition) is 2. The summed E-state index contributed by atoms with van der Waals surface area (Å²) in [7, 11) is 0. The highest BCUT2D eigenvalue weighted by Gasteiger charge is 2.15. The molecule has 5 nitrogen and oxygen atoms in total. The van der Waals surface area contributed by atoms with Crippen molar-refractivity contribution in [3.63, 3.8) is 0 Å². The van der Waals surface area contributed by atoms with E-state index in [0.717, 1.165) is 21.7 Å². The molecule has 21 heavy (non-hydrogen) atoms. The minimum Gasteiger partial charge on any atom is -0.326 e. The Hall–Kier alpha value is -2.25. The van der Waals surface area contributed by atoms with E-state index >= 15 is 0 Å². The van der Waals surface area contributed by atoms with Gasteiger partial charge in [0.05, 0.1) is 5.39 Å². The first-order valence-corrected chi connectivity index (χ1v) is 7.36. The summed E-state index contributed by atoms with van der Waals surface area (Å²) < 4.78 is 13.1. The molecule has 0 spiro atoms. The van der Waals surface area contributed by atoms with Gasteiger partial charge in [-0.1, -0.05) is 0 Å². The van der Waals surface area contributed by atoms with Crippen LogP contribution in [0.25, 0.3) is 10.2 Å². The van der Waals surface area contributed by atoms with Gasteiger partial charge in [0.25, 0.3) is 0 Å². The van der Waals surface area contributed by atoms with E-state index in [4.69, 9.17) is 5.84 Å². The molecule has 0 amide bonds. The Morgan fingerprint density at radius 2 is 2.00 bits per heavy atom. The molecule has 7 heteroatoms. The van der Waals surface area contributed by atoms with Crippen molar-refractivity contribution in [2.45, 2.75) is 6.92 Å². The van der Waals surface area contributed by atoms with Crippen LogP contribution in [0.4, 0.5) is 21.8 Å². The number of thiophene rings is 1. The molecule has 1 aromatic carbocycles. The number of benzene rings is 1. The molecular formula is C14H14FN5S. The van der Waals surface area contributed by atoms with Crippen LogP contribution in [0.2, 0.25) is 0 Å². The number of anilines is 3. The van der Waals surface area contributed by atoms with Crippen molar-refractivity contribution in [3.8, 4) is 0 Å². The largest absolute Gasteiger partial charge is 0.326 e. The van der Waals surface area contributed by atoms with Gasteiger partial charge in [-0.25, -0.2) is 15.2 Å². The Morgan fingerprint density at radius 1 is 1.24 bits per heavy atom. The van der Waals surface area contributed by atoms with Gasteiger partial charge in [0.15, 0.2) is 0 Å². The number of fused-ring (bicyclic) bond motifs is 1. The van der Waals surface area contributed by atoms with Crippen molar-refractivity contribution in [1.29, 1.82) is 0 Å². The molecule has 3 aromatic rings. The van der Waals surface area contributed by atoms with Gasteiger partial charge < -0.3 is 4.90 Å². The van der Waals surface area contributed by atoms with E-state index in [1.54, 1.807) is 12.1 Å². The van der Waals surface area contributed by atoms with Gasteiger partial charge in [0.2, 0.25) is 5.95 Å². The van der Waals surface area contributed by atoms with E-state index in [-0.39, 0.29) is 5.82 Å². The lowest BCUT2D eigenvalue weighted by atomic mass is 10.2. The number of nitrogens with two attached hydrogens (primary N) is 1. The van der Waals surface area contributed by atoms with Crippen molar-refractivity contribution >= 4 is 39.0 Å². The highest BCUT2D eigenvalue weighted by Crippen LogP contribution is 2.33. The van der Waals surface area contributed by atoms with Crippen molar-refractivity contribution in [3.05, 3.63) is 41.5 Å². The van der Waals surface area contributed by atoms with E-state index in [1.807, 2.05) is 23.3 Å². The Balaban J connectivity index is 2.15. The molecule has 2 heterocycles. The van der Waals surface area contributed by atoms with Gasteiger partial charge in [-0.2, -0.15) is 4.98 Å². The summed E-state index contributed by atoms with van der Waals surface area (Å²) >= 11 is 1.52. The first-order valence-electron chi connectivity index (χ1n) is 6.48. The third-order valence-electron chi connectivity index (χ3n) is 3.14. The van der Waals surface area contributed by atoms with Gasteiger partial charge in [-0.3, -0.25) is 5.43 Å². The molecule has 0 bridgehead atoms. The van der Waals surface area contributed by atoms with Crippen molar-refractivity contribution in [1.82, 2.24) is 9.97 Å². The minimum absolute atomic E-state index is 0.262. The topological polar surface area (TPSA) is 67.1 Å². The highest BCUT2D eigenvalue weighted by atomic mass is 32.1. The summed E-state index contributed by atoms with van der Waals surface area (Å²) in [5, 5.41) is 2.91. The average Bonchev–Trinajstić information content (AvgIpc) is 2.98. The van der Waals surface area contributed by atoms with Crippen LogP contribution in [0.3, 0.4) is 0 Å².